The van der Waals surface area contributed by atoms with E-state index in [0.29, 0.717) is 12.4 Å². The summed E-state index contributed by atoms with van der Waals surface area (Å²) in [6, 6.07) is 4.01. The maximum atomic E-state index is 5.48. The third-order valence-corrected chi connectivity index (χ3v) is 3.26. The van der Waals surface area contributed by atoms with Gasteiger partial charge in [0.15, 0.2) is 0 Å². The van der Waals surface area contributed by atoms with Gasteiger partial charge in [-0.3, -0.25) is 0 Å². The number of fused-ring (bicyclic) bond motifs is 1. The Kier molecular flexibility index (Phi) is 2.48. The van der Waals surface area contributed by atoms with E-state index in [0.717, 1.165) is 21.3 Å². The smallest absolute Gasteiger partial charge is 0.214 e. The number of aryl methyl sites for hydroxylation is 1. The van der Waals surface area contributed by atoms with Crippen molar-refractivity contribution in [2.45, 2.75) is 13.5 Å². The fourth-order valence-electron chi connectivity index (χ4n) is 1.85. The predicted octanol–water partition coefficient (Wildman–Crippen LogP) is 3.14. The molecular weight excluding hydrogens is 282 g/mol. The summed E-state index contributed by atoms with van der Waals surface area (Å²) in [6.45, 7) is 2.53. The fourth-order valence-corrected chi connectivity index (χ4v) is 2.30. The van der Waals surface area contributed by atoms with Crippen LogP contribution in [0, 0.1) is 6.92 Å². The molecule has 4 nitrogen and oxygen atoms in total. The highest BCUT2D eigenvalue weighted by atomic mass is 79.9. The minimum absolute atomic E-state index is 0.633. The quantitative estimate of drug-likeness (QED) is 0.681. The Morgan fingerprint density at radius 2 is 2.24 bits per heavy atom. The van der Waals surface area contributed by atoms with Gasteiger partial charge < -0.3 is 8.98 Å². The van der Waals surface area contributed by atoms with Gasteiger partial charge >= 0.3 is 0 Å². The van der Waals surface area contributed by atoms with Gasteiger partial charge in [-0.1, -0.05) is 0 Å². The lowest BCUT2D eigenvalue weighted by atomic mass is 10.3. The lowest BCUT2D eigenvalue weighted by Gasteiger charge is -2.02. The van der Waals surface area contributed by atoms with Crippen molar-refractivity contribution in [3.8, 4) is 0 Å². The van der Waals surface area contributed by atoms with Gasteiger partial charge in [0.25, 0.3) is 0 Å². The van der Waals surface area contributed by atoms with Crippen LogP contribution in [0.2, 0.25) is 0 Å². The summed E-state index contributed by atoms with van der Waals surface area (Å²) >= 11 is 3.44. The minimum Gasteiger partial charge on any atom is -0.444 e. The van der Waals surface area contributed by atoms with Crippen molar-refractivity contribution in [1.82, 2.24) is 14.5 Å². The predicted molar refractivity (Wildman–Crippen MR) is 67.8 cm³/mol. The average molecular weight is 292 g/mol. The second-order valence-electron chi connectivity index (χ2n) is 3.84. The van der Waals surface area contributed by atoms with Crippen molar-refractivity contribution in [3.63, 3.8) is 0 Å². The van der Waals surface area contributed by atoms with Crippen LogP contribution in [-0.2, 0) is 6.54 Å². The molecule has 0 atom stereocenters. The van der Waals surface area contributed by atoms with Gasteiger partial charge in [-0.05, 0) is 35.0 Å². The van der Waals surface area contributed by atoms with Crippen LogP contribution >= 0.6 is 15.9 Å². The Bertz CT molecular complexity index is 671. The molecule has 0 aromatic carbocycles. The zero-order valence-electron chi connectivity index (χ0n) is 9.22. The van der Waals surface area contributed by atoms with Crippen LogP contribution in [-0.4, -0.2) is 14.5 Å². The van der Waals surface area contributed by atoms with Crippen LogP contribution in [0.5, 0.6) is 0 Å². The molecular formula is C12H10BrN3O. The Balaban J connectivity index is 2.04. The number of nitrogens with zero attached hydrogens (tertiary/aromatic N) is 3. The Morgan fingerprint density at radius 1 is 1.35 bits per heavy atom. The second kappa shape index (κ2) is 4.00. The molecule has 0 N–H and O–H groups in total. The largest absolute Gasteiger partial charge is 0.444 e. The lowest BCUT2D eigenvalue weighted by Crippen LogP contribution is -1.97. The normalized spacial score (nSPS) is 11.2. The van der Waals surface area contributed by atoms with Crippen molar-refractivity contribution in [2.75, 3.05) is 0 Å². The SMILES string of the molecule is Cc1cnc(Cn2ccc3c(Br)nccc32)o1. The highest BCUT2D eigenvalue weighted by Gasteiger charge is 2.07. The van der Waals surface area contributed by atoms with Crippen LogP contribution < -0.4 is 0 Å². The van der Waals surface area contributed by atoms with Gasteiger partial charge in [0, 0.05) is 17.8 Å². The van der Waals surface area contributed by atoms with Gasteiger partial charge in [0.05, 0.1) is 18.3 Å². The molecule has 0 unspecified atom stereocenters. The van der Waals surface area contributed by atoms with Crippen molar-refractivity contribution in [2.24, 2.45) is 0 Å². The van der Waals surface area contributed by atoms with Gasteiger partial charge in [-0.25, -0.2) is 9.97 Å². The first-order valence-electron chi connectivity index (χ1n) is 5.25. The van der Waals surface area contributed by atoms with Gasteiger partial charge in [0.1, 0.15) is 10.4 Å². The van der Waals surface area contributed by atoms with E-state index >= 15 is 0 Å². The average Bonchev–Trinajstić information content (AvgIpc) is 2.88. The third kappa shape index (κ3) is 1.86. The van der Waals surface area contributed by atoms with Gasteiger partial charge in [-0.2, -0.15) is 0 Å². The topological polar surface area (TPSA) is 43.9 Å². The van der Waals surface area contributed by atoms with Crippen LogP contribution in [0.4, 0.5) is 0 Å². The molecule has 3 aromatic heterocycles. The van der Waals surface area contributed by atoms with Crippen molar-refractivity contribution < 1.29 is 4.42 Å². The summed E-state index contributed by atoms with van der Waals surface area (Å²) in [5.41, 5.74) is 1.11. The molecule has 0 saturated heterocycles. The standard InChI is InChI=1S/C12H10BrN3O/c1-8-6-15-11(17-8)7-16-5-3-9-10(16)2-4-14-12(9)13/h2-6H,7H2,1H3. The van der Waals surface area contributed by atoms with E-state index < -0.39 is 0 Å². The lowest BCUT2D eigenvalue weighted by molar-refractivity contribution is 0.460. The molecule has 0 aliphatic carbocycles. The van der Waals surface area contributed by atoms with E-state index in [4.69, 9.17) is 4.42 Å². The van der Waals surface area contributed by atoms with E-state index in [9.17, 15) is 0 Å². The van der Waals surface area contributed by atoms with Gasteiger partial charge in [-0.15, -0.1) is 0 Å². The zero-order chi connectivity index (χ0) is 11.8. The molecule has 0 spiro atoms. The number of hydrogen-bond acceptors (Lipinski definition) is 3. The zero-order valence-corrected chi connectivity index (χ0v) is 10.8. The Labute approximate surface area is 106 Å². The number of pyridine rings is 1. The van der Waals surface area contributed by atoms with E-state index in [1.807, 2.05) is 25.3 Å². The third-order valence-electron chi connectivity index (χ3n) is 2.62. The summed E-state index contributed by atoms with van der Waals surface area (Å²) < 4.78 is 8.43. The molecule has 0 aliphatic heterocycles. The maximum Gasteiger partial charge on any atom is 0.214 e. The molecule has 0 bridgehead atoms. The molecule has 3 heterocycles. The molecule has 0 radical (unpaired) electrons. The van der Waals surface area contributed by atoms with Gasteiger partial charge in [0.2, 0.25) is 5.89 Å². The first-order valence-corrected chi connectivity index (χ1v) is 6.04. The summed E-state index contributed by atoms with van der Waals surface area (Å²) in [5.74, 6) is 1.55. The monoisotopic (exact) mass is 291 g/mol. The second-order valence-corrected chi connectivity index (χ2v) is 4.59. The first kappa shape index (κ1) is 10.5. The molecule has 17 heavy (non-hydrogen) atoms. The van der Waals surface area contributed by atoms with Crippen LogP contribution in [0.1, 0.15) is 11.7 Å². The van der Waals surface area contributed by atoms with Crippen molar-refractivity contribution in [1.29, 1.82) is 0 Å². The molecule has 0 amide bonds. The number of aromatic nitrogens is 3. The molecule has 0 aliphatic rings. The number of hydrogen-bond donors (Lipinski definition) is 0. The number of rotatable bonds is 2. The van der Waals surface area contributed by atoms with Crippen LogP contribution in [0.15, 0.2) is 39.7 Å². The van der Waals surface area contributed by atoms with Crippen molar-refractivity contribution >= 4 is 26.8 Å². The molecule has 3 rings (SSSR count). The molecule has 0 fully saturated rings. The fraction of sp³-hybridized carbons (Fsp3) is 0.167. The Hall–Kier alpha value is -1.62. The highest BCUT2D eigenvalue weighted by Crippen LogP contribution is 2.23. The van der Waals surface area contributed by atoms with E-state index in [1.165, 1.54) is 0 Å². The van der Waals surface area contributed by atoms with Crippen LogP contribution in [0.3, 0.4) is 0 Å². The molecule has 3 aromatic rings. The Morgan fingerprint density at radius 3 is 3.00 bits per heavy atom. The summed E-state index contributed by atoms with van der Waals surface area (Å²) in [5, 5.41) is 1.09. The van der Waals surface area contributed by atoms with E-state index in [-0.39, 0.29) is 0 Å². The maximum absolute atomic E-state index is 5.48. The molecule has 0 saturated carbocycles. The summed E-state index contributed by atoms with van der Waals surface area (Å²) in [7, 11) is 0. The number of halogens is 1. The summed E-state index contributed by atoms with van der Waals surface area (Å²) in [6.07, 6.45) is 5.53. The molecule has 5 heteroatoms. The summed E-state index contributed by atoms with van der Waals surface area (Å²) in [4.78, 5) is 8.40. The first-order chi connectivity index (χ1) is 8.24. The number of oxazole rings is 1. The van der Waals surface area contributed by atoms with Crippen LogP contribution in [0.25, 0.3) is 10.9 Å². The highest BCUT2D eigenvalue weighted by molar-refractivity contribution is 9.10. The van der Waals surface area contributed by atoms with Crippen molar-refractivity contribution in [3.05, 3.63) is 47.0 Å². The van der Waals surface area contributed by atoms with E-state index in [2.05, 4.69) is 30.5 Å². The minimum atomic E-state index is 0.633. The molecule has 86 valence electrons. The van der Waals surface area contributed by atoms with E-state index in [1.54, 1.807) is 12.4 Å².